The highest BCUT2D eigenvalue weighted by molar-refractivity contribution is 5.29. The molecule has 5 nitrogen and oxygen atoms in total. The average Bonchev–Trinajstić information content (AvgIpc) is 2.50. The number of methoxy groups -OCH3 is 2. The molecule has 112 valence electrons. The third-order valence-electron chi connectivity index (χ3n) is 2.78. The lowest BCUT2D eigenvalue weighted by Gasteiger charge is -2.20. The van der Waals surface area contributed by atoms with Crippen molar-refractivity contribution < 1.29 is 24.1 Å². The fourth-order valence-corrected chi connectivity index (χ4v) is 1.61. The van der Waals surface area contributed by atoms with Gasteiger partial charge in [0.05, 0.1) is 20.3 Å². The van der Waals surface area contributed by atoms with Gasteiger partial charge in [0, 0.05) is 7.11 Å². The van der Waals surface area contributed by atoms with Gasteiger partial charge in [-0.15, -0.1) is 6.58 Å². The van der Waals surface area contributed by atoms with Crippen molar-refractivity contribution in [3.05, 3.63) is 42.5 Å². The molecule has 0 aliphatic rings. The summed E-state index contributed by atoms with van der Waals surface area (Å²) >= 11 is 0. The van der Waals surface area contributed by atoms with E-state index in [9.17, 15) is 5.11 Å². The van der Waals surface area contributed by atoms with Crippen LogP contribution in [0.1, 0.15) is 11.7 Å². The van der Waals surface area contributed by atoms with E-state index in [0.29, 0.717) is 13.2 Å². The zero-order valence-corrected chi connectivity index (χ0v) is 12.0. The monoisotopic (exact) mass is 282 g/mol. The van der Waals surface area contributed by atoms with Gasteiger partial charge < -0.3 is 24.1 Å². The van der Waals surface area contributed by atoms with E-state index in [1.807, 2.05) is 0 Å². The van der Waals surface area contributed by atoms with Crippen LogP contribution in [0.15, 0.2) is 36.9 Å². The van der Waals surface area contributed by atoms with Crippen molar-refractivity contribution in [2.45, 2.75) is 12.2 Å². The maximum Gasteiger partial charge on any atom is 0.147 e. The fraction of sp³-hybridized carbons (Fsp3) is 0.467. The number of rotatable bonds is 10. The van der Waals surface area contributed by atoms with Crippen molar-refractivity contribution in [2.75, 3.05) is 34.2 Å². The van der Waals surface area contributed by atoms with E-state index >= 15 is 0 Å². The first kappa shape index (κ1) is 16.7. The molecule has 0 aromatic heterocycles. The Hall–Kier alpha value is -1.40. The van der Waals surface area contributed by atoms with Crippen LogP contribution in [0.25, 0.3) is 0 Å². The standard InChI is InChI=1S/C15H22O5/c1-4-14(20-11-19-10-9-17-2)15(16)12-5-7-13(18-3)8-6-12/h4-8,14-16H,1,9-11H2,2-3H3. The van der Waals surface area contributed by atoms with Gasteiger partial charge in [-0.3, -0.25) is 0 Å². The molecule has 1 N–H and O–H groups in total. The number of benzene rings is 1. The van der Waals surface area contributed by atoms with Crippen molar-refractivity contribution in [2.24, 2.45) is 0 Å². The van der Waals surface area contributed by atoms with Gasteiger partial charge in [-0.25, -0.2) is 0 Å². The molecule has 1 rings (SSSR count). The third kappa shape index (κ3) is 5.30. The van der Waals surface area contributed by atoms with Gasteiger partial charge in [0.15, 0.2) is 0 Å². The molecule has 1 aromatic rings. The predicted molar refractivity (Wildman–Crippen MR) is 75.7 cm³/mol. The largest absolute Gasteiger partial charge is 0.497 e. The van der Waals surface area contributed by atoms with E-state index in [0.717, 1.165) is 11.3 Å². The molecule has 0 aliphatic carbocycles. The van der Waals surface area contributed by atoms with Crippen LogP contribution in [0.3, 0.4) is 0 Å². The first-order valence-electron chi connectivity index (χ1n) is 6.35. The lowest BCUT2D eigenvalue weighted by molar-refractivity contribution is -0.114. The summed E-state index contributed by atoms with van der Waals surface area (Å²) in [6, 6.07) is 7.14. The summed E-state index contributed by atoms with van der Waals surface area (Å²) in [7, 11) is 3.20. The Morgan fingerprint density at radius 3 is 2.45 bits per heavy atom. The highest BCUT2D eigenvalue weighted by atomic mass is 16.7. The van der Waals surface area contributed by atoms with Crippen LogP contribution in [0.4, 0.5) is 0 Å². The summed E-state index contributed by atoms with van der Waals surface area (Å²) in [6.07, 6.45) is 0.213. The topological polar surface area (TPSA) is 57.2 Å². The molecule has 0 aliphatic heterocycles. The Bertz CT molecular complexity index is 376. The van der Waals surface area contributed by atoms with Gasteiger partial charge in [-0.2, -0.15) is 0 Å². The Kier molecular flexibility index (Phi) is 7.91. The first-order valence-corrected chi connectivity index (χ1v) is 6.35. The maximum atomic E-state index is 10.2. The van der Waals surface area contributed by atoms with Crippen LogP contribution < -0.4 is 4.74 Å². The molecule has 0 fully saturated rings. The normalized spacial score (nSPS) is 13.8. The van der Waals surface area contributed by atoms with E-state index in [1.165, 1.54) is 0 Å². The van der Waals surface area contributed by atoms with E-state index < -0.39 is 12.2 Å². The number of hydrogen-bond acceptors (Lipinski definition) is 5. The highest BCUT2D eigenvalue weighted by Gasteiger charge is 2.18. The van der Waals surface area contributed by atoms with Crippen molar-refractivity contribution in [1.29, 1.82) is 0 Å². The number of ether oxygens (including phenoxy) is 4. The zero-order valence-electron chi connectivity index (χ0n) is 12.0. The molecule has 5 heteroatoms. The molecular weight excluding hydrogens is 260 g/mol. The minimum absolute atomic E-state index is 0.0766. The number of hydrogen-bond donors (Lipinski definition) is 1. The van der Waals surface area contributed by atoms with Crippen LogP contribution in [0.5, 0.6) is 5.75 Å². The third-order valence-corrected chi connectivity index (χ3v) is 2.78. The minimum atomic E-state index is -0.801. The summed E-state index contributed by atoms with van der Waals surface area (Å²) in [6.45, 7) is 4.69. The molecule has 20 heavy (non-hydrogen) atoms. The average molecular weight is 282 g/mol. The van der Waals surface area contributed by atoms with Crippen LogP contribution >= 0.6 is 0 Å². The van der Waals surface area contributed by atoms with Gasteiger partial charge in [-0.05, 0) is 17.7 Å². The van der Waals surface area contributed by atoms with E-state index in [2.05, 4.69) is 6.58 Å². The Morgan fingerprint density at radius 1 is 1.20 bits per heavy atom. The van der Waals surface area contributed by atoms with Crippen LogP contribution in [0.2, 0.25) is 0 Å². The lowest BCUT2D eigenvalue weighted by Crippen LogP contribution is -2.21. The second-order valence-electron chi connectivity index (χ2n) is 4.10. The fourth-order valence-electron chi connectivity index (χ4n) is 1.61. The molecule has 0 amide bonds. The summed E-state index contributed by atoms with van der Waals surface area (Å²) in [5.74, 6) is 0.736. The minimum Gasteiger partial charge on any atom is -0.497 e. The Balaban J connectivity index is 2.48. The molecule has 2 unspecified atom stereocenters. The predicted octanol–water partition coefficient (Wildman–Crippen LogP) is 1.92. The molecular formula is C15H22O5. The maximum absolute atomic E-state index is 10.2. The second-order valence-corrected chi connectivity index (χ2v) is 4.10. The van der Waals surface area contributed by atoms with Crippen LogP contribution in [0, 0.1) is 0 Å². The summed E-state index contributed by atoms with van der Waals surface area (Å²) < 4.78 is 20.6. The van der Waals surface area contributed by atoms with Crippen molar-refractivity contribution in [1.82, 2.24) is 0 Å². The quantitative estimate of drug-likeness (QED) is 0.403. The Labute approximate surface area is 119 Å². The van der Waals surface area contributed by atoms with Crippen molar-refractivity contribution in [3.8, 4) is 5.75 Å². The molecule has 0 heterocycles. The van der Waals surface area contributed by atoms with E-state index in [-0.39, 0.29) is 6.79 Å². The SMILES string of the molecule is C=CC(OCOCCOC)C(O)c1ccc(OC)cc1. The highest BCUT2D eigenvalue weighted by Crippen LogP contribution is 2.22. The molecule has 1 aromatic carbocycles. The van der Waals surface area contributed by atoms with E-state index in [1.54, 1.807) is 44.6 Å². The van der Waals surface area contributed by atoms with Gasteiger partial charge in [-0.1, -0.05) is 18.2 Å². The molecule has 2 atom stereocenters. The van der Waals surface area contributed by atoms with Crippen molar-refractivity contribution >= 4 is 0 Å². The van der Waals surface area contributed by atoms with Gasteiger partial charge in [0.2, 0.25) is 0 Å². The molecule has 0 saturated carbocycles. The van der Waals surface area contributed by atoms with Crippen LogP contribution in [-0.4, -0.2) is 45.4 Å². The molecule has 0 radical (unpaired) electrons. The Morgan fingerprint density at radius 2 is 1.90 bits per heavy atom. The molecule has 0 bridgehead atoms. The molecule has 0 spiro atoms. The molecule has 0 saturated heterocycles. The first-order chi connectivity index (χ1) is 9.72. The smallest absolute Gasteiger partial charge is 0.147 e. The van der Waals surface area contributed by atoms with Gasteiger partial charge in [0.25, 0.3) is 0 Å². The summed E-state index contributed by atoms with van der Waals surface area (Å²) in [5.41, 5.74) is 0.729. The zero-order chi connectivity index (χ0) is 14.8. The number of aliphatic hydroxyl groups excluding tert-OH is 1. The lowest BCUT2D eigenvalue weighted by atomic mass is 10.0. The van der Waals surface area contributed by atoms with Gasteiger partial charge >= 0.3 is 0 Å². The van der Waals surface area contributed by atoms with E-state index in [4.69, 9.17) is 18.9 Å². The summed E-state index contributed by atoms with van der Waals surface area (Å²) in [4.78, 5) is 0. The van der Waals surface area contributed by atoms with Crippen LogP contribution in [-0.2, 0) is 14.2 Å². The summed E-state index contributed by atoms with van der Waals surface area (Å²) in [5, 5.41) is 10.2. The van der Waals surface area contributed by atoms with Gasteiger partial charge in [0.1, 0.15) is 24.8 Å². The van der Waals surface area contributed by atoms with Crippen molar-refractivity contribution in [3.63, 3.8) is 0 Å². The number of aliphatic hydroxyl groups is 1. The second kappa shape index (κ2) is 9.50.